The molecule has 1 heterocycles. The maximum atomic E-state index is 13.2. The highest BCUT2D eigenvalue weighted by molar-refractivity contribution is 6.04. The predicted molar refractivity (Wildman–Crippen MR) is 110 cm³/mol. The smallest absolute Gasteiger partial charge is 0.395 e. The molecule has 0 aliphatic carbocycles. The van der Waals surface area contributed by atoms with Crippen LogP contribution in [0.25, 0.3) is 0 Å². The van der Waals surface area contributed by atoms with Gasteiger partial charge in [0.15, 0.2) is 5.60 Å². The Labute approximate surface area is 177 Å². The average Bonchev–Trinajstić information content (AvgIpc) is 3.13. The van der Waals surface area contributed by atoms with E-state index in [2.05, 4.69) is 15.6 Å². The van der Waals surface area contributed by atoms with Gasteiger partial charge in [0.2, 0.25) is 0 Å². The van der Waals surface area contributed by atoms with E-state index in [0.29, 0.717) is 41.0 Å². The number of amides is 1. The molecule has 31 heavy (non-hydrogen) atoms. The standard InChI is InChI=1S/C22H22F3N3O3/c1-4-30-27-13-26-20(29)16-7-5-15(6-8-16)19-12-21(3,31-28-19)17-9-14(2)10-18(11-17)22(23,24)25/h5-11,13H,4,12H2,1-3H3,(H,26,27,29). The van der Waals surface area contributed by atoms with Gasteiger partial charge in [-0.2, -0.15) is 13.2 Å². The summed E-state index contributed by atoms with van der Waals surface area (Å²) < 4.78 is 39.6. The van der Waals surface area contributed by atoms with Crippen molar-refractivity contribution < 1.29 is 27.6 Å². The molecule has 0 bridgehead atoms. The number of alkyl halides is 3. The van der Waals surface area contributed by atoms with Gasteiger partial charge in [-0.3, -0.25) is 4.79 Å². The van der Waals surface area contributed by atoms with Gasteiger partial charge in [0.25, 0.3) is 5.91 Å². The third-order valence-electron chi connectivity index (χ3n) is 4.81. The number of oxime groups is 2. The zero-order valence-corrected chi connectivity index (χ0v) is 17.3. The third kappa shape index (κ3) is 5.22. The molecule has 0 saturated heterocycles. The van der Waals surface area contributed by atoms with E-state index in [9.17, 15) is 18.0 Å². The number of halogens is 3. The van der Waals surface area contributed by atoms with E-state index in [-0.39, 0.29) is 5.91 Å². The molecule has 2 aromatic rings. The van der Waals surface area contributed by atoms with Crippen LogP contribution in [-0.2, 0) is 21.5 Å². The lowest BCUT2D eigenvalue weighted by molar-refractivity contribution is -0.137. The Morgan fingerprint density at radius 1 is 1.29 bits per heavy atom. The SMILES string of the molecule is CCO/N=C\NC(=O)c1ccc(C2=NOC(C)(c3cc(C)cc(C(F)(F)F)c3)C2)cc1. The quantitative estimate of drug-likeness (QED) is 0.406. The molecule has 9 heteroatoms. The van der Waals surface area contributed by atoms with E-state index in [4.69, 9.17) is 9.68 Å². The number of hydrogen-bond donors (Lipinski definition) is 1. The summed E-state index contributed by atoms with van der Waals surface area (Å²) in [5, 5.41) is 10.1. The Hall–Kier alpha value is -3.36. The fourth-order valence-electron chi connectivity index (χ4n) is 3.20. The highest BCUT2D eigenvalue weighted by Crippen LogP contribution is 2.39. The molecule has 0 saturated carbocycles. The summed E-state index contributed by atoms with van der Waals surface area (Å²) in [7, 11) is 0. The highest BCUT2D eigenvalue weighted by atomic mass is 19.4. The van der Waals surface area contributed by atoms with Crippen molar-refractivity contribution in [3.05, 3.63) is 70.3 Å². The Morgan fingerprint density at radius 2 is 2.00 bits per heavy atom. The van der Waals surface area contributed by atoms with Gasteiger partial charge in [-0.1, -0.05) is 34.1 Å². The molecule has 0 radical (unpaired) electrons. The molecule has 3 rings (SSSR count). The maximum absolute atomic E-state index is 13.2. The van der Waals surface area contributed by atoms with E-state index < -0.39 is 17.3 Å². The summed E-state index contributed by atoms with van der Waals surface area (Å²) in [6.45, 7) is 5.48. The van der Waals surface area contributed by atoms with Crippen LogP contribution in [0.2, 0.25) is 0 Å². The van der Waals surface area contributed by atoms with Crippen molar-refractivity contribution in [3.63, 3.8) is 0 Å². The van der Waals surface area contributed by atoms with Gasteiger partial charge in [-0.25, -0.2) is 0 Å². The van der Waals surface area contributed by atoms with Gasteiger partial charge in [-0.05, 0) is 56.2 Å². The summed E-state index contributed by atoms with van der Waals surface area (Å²) in [5.41, 5.74) is 0.864. The summed E-state index contributed by atoms with van der Waals surface area (Å²) in [4.78, 5) is 22.4. The van der Waals surface area contributed by atoms with Crippen molar-refractivity contribution in [2.45, 2.75) is 39.0 Å². The summed E-state index contributed by atoms with van der Waals surface area (Å²) in [5.74, 6) is -0.358. The molecule has 1 aliphatic heterocycles. The van der Waals surface area contributed by atoms with Gasteiger partial charge < -0.3 is 15.0 Å². The molecule has 164 valence electrons. The van der Waals surface area contributed by atoms with Crippen LogP contribution < -0.4 is 5.32 Å². The summed E-state index contributed by atoms with van der Waals surface area (Å²) in [6.07, 6.45) is -2.99. The lowest BCUT2D eigenvalue weighted by Crippen LogP contribution is -2.23. The molecule has 0 spiro atoms. The van der Waals surface area contributed by atoms with Crippen molar-refractivity contribution in [2.75, 3.05) is 6.61 Å². The Morgan fingerprint density at radius 3 is 2.65 bits per heavy atom. The van der Waals surface area contributed by atoms with Crippen LogP contribution in [0.3, 0.4) is 0 Å². The minimum atomic E-state index is -4.44. The molecule has 0 aromatic heterocycles. The average molecular weight is 433 g/mol. The van der Waals surface area contributed by atoms with Crippen molar-refractivity contribution in [3.8, 4) is 0 Å². The Balaban J connectivity index is 1.73. The monoisotopic (exact) mass is 433 g/mol. The Bertz CT molecular complexity index is 1020. The first-order valence-electron chi connectivity index (χ1n) is 9.62. The molecular formula is C22H22F3N3O3. The van der Waals surface area contributed by atoms with Crippen molar-refractivity contribution in [1.29, 1.82) is 0 Å². The largest absolute Gasteiger partial charge is 0.416 e. The molecule has 0 fully saturated rings. The molecular weight excluding hydrogens is 411 g/mol. The fraction of sp³-hybridized carbons (Fsp3) is 0.318. The molecule has 1 unspecified atom stereocenters. The van der Waals surface area contributed by atoms with Gasteiger partial charge in [0.1, 0.15) is 12.9 Å². The zero-order chi connectivity index (χ0) is 22.6. The second-order valence-electron chi connectivity index (χ2n) is 7.33. The number of carbonyl (C=O) groups is 1. The second kappa shape index (κ2) is 8.79. The normalized spacial score (nSPS) is 18.6. The van der Waals surface area contributed by atoms with Crippen molar-refractivity contribution >= 4 is 18.0 Å². The fourth-order valence-corrected chi connectivity index (χ4v) is 3.20. The molecule has 2 aromatic carbocycles. The Kier molecular flexibility index (Phi) is 6.33. The highest BCUT2D eigenvalue weighted by Gasteiger charge is 2.39. The number of benzene rings is 2. The zero-order valence-electron chi connectivity index (χ0n) is 17.3. The van der Waals surface area contributed by atoms with Gasteiger partial charge in [0.05, 0.1) is 11.3 Å². The molecule has 1 aliphatic rings. The second-order valence-corrected chi connectivity index (χ2v) is 7.33. The van der Waals surface area contributed by atoms with Crippen LogP contribution in [0.1, 0.15) is 52.9 Å². The van der Waals surface area contributed by atoms with Crippen LogP contribution in [0.5, 0.6) is 0 Å². The van der Waals surface area contributed by atoms with Gasteiger partial charge in [-0.15, -0.1) is 0 Å². The van der Waals surface area contributed by atoms with Gasteiger partial charge in [0, 0.05) is 12.0 Å². The van der Waals surface area contributed by atoms with E-state index in [0.717, 1.165) is 18.5 Å². The summed E-state index contributed by atoms with van der Waals surface area (Å²) >= 11 is 0. The van der Waals surface area contributed by atoms with Crippen LogP contribution >= 0.6 is 0 Å². The van der Waals surface area contributed by atoms with Gasteiger partial charge >= 0.3 is 6.18 Å². The van der Waals surface area contributed by atoms with E-state index in [1.165, 1.54) is 0 Å². The lowest BCUT2D eigenvalue weighted by Gasteiger charge is -2.23. The topological polar surface area (TPSA) is 72.3 Å². The van der Waals surface area contributed by atoms with Crippen molar-refractivity contribution in [2.24, 2.45) is 10.3 Å². The third-order valence-corrected chi connectivity index (χ3v) is 4.81. The van der Waals surface area contributed by atoms with E-state index in [1.807, 2.05) is 0 Å². The van der Waals surface area contributed by atoms with Crippen LogP contribution in [0, 0.1) is 6.92 Å². The molecule has 6 nitrogen and oxygen atoms in total. The van der Waals surface area contributed by atoms with E-state index in [1.54, 1.807) is 51.1 Å². The molecule has 1 amide bonds. The lowest BCUT2D eigenvalue weighted by atomic mass is 9.87. The maximum Gasteiger partial charge on any atom is 0.416 e. The predicted octanol–water partition coefficient (Wildman–Crippen LogP) is 4.76. The number of nitrogens with zero attached hydrogens (tertiary/aromatic N) is 2. The summed E-state index contributed by atoms with van der Waals surface area (Å²) in [6, 6.07) is 10.5. The van der Waals surface area contributed by atoms with Crippen LogP contribution in [-0.4, -0.2) is 24.6 Å². The number of rotatable bonds is 6. The minimum Gasteiger partial charge on any atom is -0.395 e. The van der Waals surface area contributed by atoms with Crippen LogP contribution in [0.4, 0.5) is 13.2 Å². The molecule has 1 atom stereocenters. The number of hydrogen-bond acceptors (Lipinski definition) is 5. The van der Waals surface area contributed by atoms with Crippen LogP contribution in [0.15, 0.2) is 52.8 Å². The first kappa shape index (κ1) is 22.3. The molecule has 1 N–H and O–H groups in total. The number of aryl methyl sites for hydroxylation is 1. The minimum absolute atomic E-state index is 0.292. The first-order valence-corrected chi connectivity index (χ1v) is 9.62. The van der Waals surface area contributed by atoms with Crippen molar-refractivity contribution in [1.82, 2.24) is 5.32 Å². The van der Waals surface area contributed by atoms with E-state index >= 15 is 0 Å². The number of nitrogens with one attached hydrogen (secondary N) is 1. The number of carbonyl (C=O) groups excluding carboxylic acids is 1. The first-order chi connectivity index (χ1) is 14.6.